The minimum Gasteiger partial charge on any atom is -0.212 e. The molecule has 0 aliphatic heterocycles. The first-order valence-electron chi connectivity index (χ1n) is 2.01. The molecule has 0 saturated carbocycles. The first-order valence-corrected chi connectivity index (χ1v) is 9.22. The van der Waals surface area contributed by atoms with E-state index in [9.17, 15) is 8.42 Å². The lowest BCUT2D eigenvalue weighted by molar-refractivity contribution is 0.613. The Bertz CT molecular complexity index is 180. The minimum absolute atomic E-state index is 0.301. The second kappa shape index (κ2) is 2.96. The van der Waals surface area contributed by atoms with Crippen LogP contribution in [0.25, 0.3) is 0 Å². The molecular formula is C2H5Cl3O2SSi. The average Bonchev–Trinajstić information content (AvgIpc) is 1.14. The van der Waals surface area contributed by atoms with Gasteiger partial charge in [0.2, 0.25) is 9.05 Å². The summed E-state index contributed by atoms with van der Waals surface area (Å²) in [5.74, 6) is 0. The lowest BCUT2D eigenvalue weighted by Crippen LogP contribution is -2.24. The highest BCUT2D eigenvalue weighted by atomic mass is 35.7. The largest absolute Gasteiger partial charge is 0.264 e. The monoisotopic (exact) mass is 226 g/mol. The molecule has 0 aromatic carbocycles. The lowest BCUT2D eigenvalue weighted by atomic mass is 11.9. The predicted octanol–water partition coefficient (Wildman–Crippen LogP) is 1.64. The van der Waals surface area contributed by atoms with Crippen LogP contribution in [0.1, 0.15) is 0 Å². The molecule has 0 aliphatic rings. The fourth-order valence-corrected chi connectivity index (χ4v) is 8.28. The maximum Gasteiger partial charge on any atom is 0.264 e. The van der Waals surface area contributed by atoms with Crippen LogP contribution in [0.4, 0.5) is 0 Å². The van der Waals surface area contributed by atoms with Crippen molar-refractivity contribution >= 4 is 48.6 Å². The summed E-state index contributed by atoms with van der Waals surface area (Å²) in [6.07, 6.45) is 0. The smallest absolute Gasteiger partial charge is 0.212 e. The summed E-state index contributed by atoms with van der Waals surface area (Å²) in [4.78, 5) is 0. The number of rotatable bonds is 2. The Kier molecular flexibility index (Phi) is 3.30. The highest BCUT2D eigenvalue weighted by molar-refractivity contribution is 8.15. The van der Waals surface area contributed by atoms with Crippen LogP contribution in [0.2, 0.25) is 6.55 Å². The fraction of sp³-hybridized carbons (Fsp3) is 1.00. The first-order chi connectivity index (χ1) is 3.71. The fourth-order valence-electron chi connectivity index (χ4n) is 0.303. The second-order valence-corrected chi connectivity index (χ2v) is 13.1. The van der Waals surface area contributed by atoms with E-state index < -0.39 is 15.7 Å². The molecule has 0 spiro atoms. The van der Waals surface area contributed by atoms with Gasteiger partial charge >= 0.3 is 0 Å². The van der Waals surface area contributed by atoms with Crippen molar-refractivity contribution in [2.45, 2.75) is 6.55 Å². The van der Waals surface area contributed by atoms with Gasteiger partial charge in [-0.05, 0) is 6.55 Å². The summed E-state index contributed by atoms with van der Waals surface area (Å²) in [6, 6.07) is 0. The van der Waals surface area contributed by atoms with E-state index in [2.05, 4.69) is 0 Å². The summed E-state index contributed by atoms with van der Waals surface area (Å²) in [7, 11) is 1.34. The average molecular weight is 228 g/mol. The molecule has 0 radical (unpaired) electrons. The van der Waals surface area contributed by atoms with Gasteiger partial charge in [0.1, 0.15) is 0 Å². The van der Waals surface area contributed by atoms with E-state index in [1.165, 1.54) is 6.55 Å². The molecule has 2 nitrogen and oxygen atoms in total. The number of hydrogen-bond acceptors (Lipinski definition) is 2. The van der Waals surface area contributed by atoms with Crippen molar-refractivity contribution in [1.82, 2.24) is 0 Å². The highest BCUT2D eigenvalue weighted by Crippen LogP contribution is 2.17. The molecule has 0 unspecified atom stereocenters. The van der Waals surface area contributed by atoms with E-state index in [0.29, 0.717) is 0 Å². The molecule has 0 amide bonds. The summed E-state index contributed by atoms with van der Waals surface area (Å²) in [6.45, 7) is -1.07. The van der Waals surface area contributed by atoms with Gasteiger partial charge in [-0.15, -0.1) is 22.2 Å². The maximum atomic E-state index is 10.3. The van der Waals surface area contributed by atoms with Crippen molar-refractivity contribution < 1.29 is 8.42 Å². The van der Waals surface area contributed by atoms with Gasteiger partial charge in [0.15, 0.2) is 0 Å². The molecule has 0 saturated heterocycles. The maximum absolute atomic E-state index is 10.3. The summed E-state index contributed by atoms with van der Waals surface area (Å²) < 4.78 is 20.6. The quantitative estimate of drug-likeness (QED) is 0.408. The topological polar surface area (TPSA) is 34.1 Å². The van der Waals surface area contributed by atoms with Crippen LogP contribution in [0.15, 0.2) is 0 Å². The van der Waals surface area contributed by atoms with Crippen LogP contribution >= 0.6 is 32.8 Å². The van der Waals surface area contributed by atoms with Gasteiger partial charge in [-0.2, -0.15) is 0 Å². The minimum atomic E-state index is -3.51. The van der Waals surface area contributed by atoms with E-state index in [4.69, 9.17) is 32.8 Å². The van der Waals surface area contributed by atoms with Crippen molar-refractivity contribution in [3.05, 3.63) is 0 Å². The zero-order valence-corrected chi connectivity index (χ0v) is 8.65. The lowest BCUT2D eigenvalue weighted by Gasteiger charge is -2.04. The van der Waals surface area contributed by atoms with Gasteiger partial charge in [-0.3, -0.25) is 0 Å². The van der Waals surface area contributed by atoms with E-state index in [0.717, 1.165) is 0 Å². The van der Waals surface area contributed by atoms with Crippen molar-refractivity contribution in [2.75, 3.05) is 5.38 Å². The molecular weight excluding hydrogens is 223 g/mol. The van der Waals surface area contributed by atoms with Gasteiger partial charge in [-0.1, -0.05) is 0 Å². The van der Waals surface area contributed by atoms with E-state index in [1.54, 1.807) is 0 Å². The standard InChI is InChI=1S/C2H5Cl3O2SSi/c1-9(4,5)2-8(3,6)7/h2H2,1H3. The highest BCUT2D eigenvalue weighted by Gasteiger charge is 2.27. The van der Waals surface area contributed by atoms with Gasteiger partial charge in [0.25, 0.3) is 6.69 Å². The van der Waals surface area contributed by atoms with Crippen molar-refractivity contribution in [3.63, 3.8) is 0 Å². The summed E-state index contributed by atoms with van der Waals surface area (Å²) in [5, 5.41) is -0.301. The van der Waals surface area contributed by atoms with Crippen LogP contribution < -0.4 is 0 Å². The molecule has 9 heavy (non-hydrogen) atoms. The Labute approximate surface area is 68.9 Å². The summed E-state index contributed by atoms with van der Waals surface area (Å²) >= 11 is 10.9. The second-order valence-electron chi connectivity index (χ2n) is 1.75. The van der Waals surface area contributed by atoms with Crippen LogP contribution in [-0.2, 0) is 9.05 Å². The van der Waals surface area contributed by atoms with Crippen molar-refractivity contribution in [2.24, 2.45) is 0 Å². The van der Waals surface area contributed by atoms with E-state index in [-0.39, 0.29) is 5.38 Å². The zero-order chi connectivity index (χ0) is 7.71. The van der Waals surface area contributed by atoms with Crippen molar-refractivity contribution in [1.29, 1.82) is 0 Å². The molecule has 0 bridgehead atoms. The van der Waals surface area contributed by atoms with Crippen LogP contribution in [0.5, 0.6) is 0 Å². The van der Waals surface area contributed by atoms with Crippen LogP contribution in [0.3, 0.4) is 0 Å². The molecule has 0 atom stereocenters. The molecule has 56 valence electrons. The molecule has 0 rings (SSSR count). The third-order valence-corrected chi connectivity index (χ3v) is 6.78. The Morgan fingerprint density at radius 3 is 1.78 bits per heavy atom. The van der Waals surface area contributed by atoms with E-state index >= 15 is 0 Å². The Balaban J connectivity index is 4.07. The first kappa shape index (κ1) is 10.0. The van der Waals surface area contributed by atoms with Crippen LogP contribution in [-0.4, -0.2) is 20.5 Å². The predicted molar refractivity (Wildman–Crippen MR) is 43.0 cm³/mol. The third kappa shape index (κ3) is 9.04. The molecule has 0 aliphatic carbocycles. The molecule has 0 heterocycles. The SMILES string of the molecule is C[Si](Cl)(Cl)CS(=O)(=O)Cl. The van der Waals surface area contributed by atoms with Gasteiger partial charge in [0.05, 0.1) is 5.38 Å². The zero-order valence-electron chi connectivity index (χ0n) is 4.57. The normalized spacial score (nSPS) is 13.8. The number of halogens is 3. The van der Waals surface area contributed by atoms with Gasteiger partial charge in [-0.25, -0.2) is 8.42 Å². The third-order valence-electron chi connectivity index (χ3n) is 0.426. The molecule has 0 aromatic heterocycles. The Hall–Kier alpha value is 1.04. The van der Waals surface area contributed by atoms with E-state index in [1.807, 2.05) is 0 Å². The molecule has 0 N–H and O–H groups in total. The van der Waals surface area contributed by atoms with Gasteiger partial charge in [0, 0.05) is 10.7 Å². The molecule has 0 aromatic rings. The van der Waals surface area contributed by atoms with Crippen LogP contribution in [0, 0.1) is 0 Å². The Morgan fingerprint density at radius 1 is 1.44 bits per heavy atom. The number of hydrogen-bond donors (Lipinski definition) is 0. The summed E-state index contributed by atoms with van der Waals surface area (Å²) in [5.41, 5.74) is 0. The molecule has 0 fully saturated rings. The Morgan fingerprint density at radius 2 is 1.78 bits per heavy atom. The van der Waals surface area contributed by atoms with Crippen molar-refractivity contribution in [3.8, 4) is 0 Å². The van der Waals surface area contributed by atoms with Gasteiger partial charge < -0.3 is 0 Å². The molecule has 7 heteroatoms.